The zero-order chi connectivity index (χ0) is 22.9. The highest BCUT2D eigenvalue weighted by Gasteiger charge is 2.29. The summed E-state index contributed by atoms with van der Waals surface area (Å²) in [4.78, 5) is 19.7. The molecule has 1 aromatic heterocycles. The Morgan fingerprint density at radius 2 is 1.66 bits per heavy atom. The van der Waals surface area contributed by atoms with Crippen LogP contribution in [0.5, 0.6) is 0 Å². The van der Waals surface area contributed by atoms with Gasteiger partial charge in [-0.3, -0.25) is 9.69 Å². The molecular formula is C23H20ClN3O3S2. The van der Waals surface area contributed by atoms with Crippen molar-refractivity contribution >= 4 is 59.9 Å². The number of benzene rings is 3. The predicted molar refractivity (Wildman–Crippen MR) is 129 cm³/mol. The number of aryl methyl sites for hydroxylation is 1. The third kappa shape index (κ3) is 4.40. The van der Waals surface area contributed by atoms with E-state index < -0.39 is 15.9 Å². The van der Waals surface area contributed by atoms with E-state index >= 15 is 0 Å². The molecule has 0 bridgehead atoms. The van der Waals surface area contributed by atoms with Crippen LogP contribution in [0.2, 0.25) is 5.02 Å². The molecule has 0 saturated carbocycles. The lowest BCUT2D eigenvalue weighted by Gasteiger charge is -2.24. The van der Waals surface area contributed by atoms with Crippen molar-refractivity contribution in [3.05, 3.63) is 83.4 Å². The average molecular weight is 486 g/mol. The van der Waals surface area contributed by atoms with Gasteiger partial charge in [0.05, 0.1) is 27.3 Å². The van der Waals surface area contributed by atoms with Gasteiger partial charge in [-0.2, -0.15) is 4.31 Å². The number of hydrogen-bond donors (Lipinski definition) is 0. The summed E-state index contributed by atoms with van der Waals surface area (Å²) < 4.78 is 27.9. The quantitative estimate of drug-likeness (QED) is 0.374. The summed E-state index contributed by atoms with van der Waals surface area (Å²) in [5.41, 5.74) is 2.32. The predicted octanol–water partition coefficient (Wildman–Crippen LogP) is 5.24. The number of aromatic nitrogens is 1. The van der Waals surface area contributed by atoms with Gasteiger partial charge in [-0.1, -0.05) is 53.3 Å². The Morgan fingerprint density at radius 1 is 1.00 bits per heavy atom. The molecule has 0 radical (unpaired) electrons. The second-order valence-corrected chi connectivity index (χ2v) is 10.7. The van der Waals surface area contributed by atoms with Crippen LogP contribution in [0.1, 0.15) is 5.56 Å². The number of anilines is 2. The van der Waals surface area contributed by atoms with Gasteiger partial charge >= 0.3 is 0 Å². The number of thiazole rings is 1. The summed E-state index contributed by atoms with van der Waals surface area (Å²) in [6, 6.07) is 20.9. The van der Waals surface area contributed by atoms with E-state index in [1.807, 2.05) is 55.5 Å². The molecule has 3 aromatic carbocycles. The first-order valence-electron chi connectivity index (χ1n) is 9.73. The summed E-state index contributed by atoms with van der Waals surface area (Å²) in [7, 11) is -2.49. The summed E-state index contributed by atoms with van der Waals surface area (Å²) in [6.07, 6.45) is 0. The van der Waals surface area contributed by atoms with Crippen LogP contribution in [-0.2, 0) is 14.8 Å². The normalized spacial score (nSPS) is 11.8. The van der Waals surface area contributed by atoms with Crippen LogP contribution in [0.15, 0.2) is 77.7 Å². The first-order valence-corrected chi connectivity index (χ1v) is 12.4. The molecule has 0 aliphatic heterocycles. The number of halogens is 1. The summed E-state index contributed by atoms with van der Waals surface area (Å²) in [5, 5.41) is 0.923. The minimum Gasteiger partial charge on any atom is -0.272 e. The highest BCUT2D eigenvalue weighted by molar-refractivity contribution is 7.89. The zero-order valence-electron chi connectivity index (χ0n) is 17.4. The maximum Gasteiger partial charge on any atom is 0.248 e. The lowest BCUT2D eigenvalue weighted by Crippen LogP contribution is -2.39. The number of carbonyl (C=O) groups excluding carboxylic acids is 1. The van der Waals surface area contributed by atoms with E-state index in [1.165, 1.54) is 47.5 Å². The van der Waals surface area contributed by atoms with E-state index in [0.29, 0.717) is 15.8 Å². The van der Waals surface area contributed by atoms with E-state index in [0.717, 1.165) is 20.1 Å². The van der Waals surface area contributed by atoms with Crippen molar-refractivity contribution in [1.29, 1.82) is 0 Å². The van der Waals surface area contributed by atoms with Crippen LogP contribution < -0.4 is 4.90 Å². The van der Waals surface area contributed by atoms with E-state index in [-0.39, 0.29) is 11.4 Å². The molecule has 164 valence electrons. The van der Waals surface area contributed by atoms with Gasteiger partial charge < -0.3 is 0 Å². The van der Waals surface area contributed by atoms with Crippen LogP contribution >= 0.6 is 22.9 Å². The fourth-order valence-corrected chi connectivity index (χ4v) is 5.49. The molecule has 0 unspecified atom stereocenters. The average Bonchev–Trinajstić information content (AvgIpc) is 3.19. The number of likely N-dealkylation sites (N-methyl/N-ethyl adjacent to an activating group) is 1. The summed E-state index contributed by atoms with van der Waals surface area (Å²) >= 11 is 7.26. The molecule has 0 aliphatic rings. The van der Waals surface area contributed by atoms with Crippen molar-refractivity contribution in [3.8, 4) is 0 Å². The Kier molecular flexibility index (Phi) is 6.30. The molecule has 0 aliphatic carbocycles. The van der Waals surface area contributed by atoms with Crippen molar-refractivity contribution in [3.63, 3.8) is 0 Å². The Balaban J connectivity index is 1.70. The van der Waals surface area contributed by atoms with E-state index in [1.54, 1.807) is 0 Å². The van der Waals surface area contributed by atoms with Crippen LogP contribution in [0, 0.1) is 6.92 Å². The SMILES string of the molecule is Cc1ccccc1N(C(=O)CN(C)S(=O)(=O)c1ccc(Cl)cc1)c1nc2ccccc2s1. The number of amides is 1. The topological polar surface area (TPSA) is 70.6 Å². The van der Waals surface area contributed by atoms with Crippen LogP contribution in [0.25, 0.3) is 10.2 Å². The van der Waals surface area contributed by atoms with Gasteiger partial charge in [-0.05, 0) is 55.0 Å². The lowest BCUT2D eigenvalue weighted by atomic mass is 10.2. The molecule has 1 amide bonds. The molecular weight excluding hydrogens is 466 g/mol. The van der Waals surface area contributed by atoms with Crippen molar-refractivity contribution in [2.24, 2.45) is 0 Å². The molecule has 0 saturated heterocycles. The van der Waals surface area contributed by atoms with Gasteiger partial charge in [0.2, 0.25) is 15.9 Å². The smallest absolute Gasteiger partial charge is 0.248 e. The van der Waals surface area contributed by atoms with Gasteiger partial charge in [-0.25, -0.2) is 13.4 Å². The van der Waals surface area contributed by atoms with Crippen molar-refractivity contribution in [2.75, 3.05) is 18.5 Å². The molecule has 0 atom stereocenters. The van der Waals surface area contributed by atoms with E-state index in [2.05, 4.69) is 4.98 Å². The Morgan fingerprint density at radius 3 is 2.34 bits per heavy atom. The number of para-hydroxylation sites is 2. The minimum absolute atomic E-state index is 0.0691. The molecule has 4 rings (SSSR count). The fraction of sp³-hybridized carbons (Fsp3) is 0.130. The summed E-state index contributed by atoms with van der Waals surface area (Å²) in [6.45, 7) is 1.55. The molecule has 32 heavy (non-hydrogen) atoms. The van der Waals surface area contributed by atoms with E-state index in [9.17, 15) is 13.2 Å². The number of carbonyl (C=O) groups is 1. The van der Waals surface area contributed by atoms with Gasteiger partial charge in [0, 0.05) is 12.1 Å². The maximum absolute atomic E-state index is 13.5. The van der Waals surface area contributed by atoms with Crippen LogP contribution in [0.4, 0.5) is 10.8 Å². The monoisotopic (exact) mass is 485 g/mol. The largest absolute Gasteiger partial charge is 0.272 e. The second-order valence-electron chi connectivity index (χ2n) is 7.19. The molecule has 0 fully saturated rings. The van der Waals surface area contributed by atoms with Crippen molar-refractivity contribution in [1.82, 2.24) is 9.29 Å². The molecule has 4 aromatic rings. The fourth-order valence-electron chi connectivity index (χ4n) is 3.25. The van der Waals surface area contributed by atoms with E-state index in [4.69, 9.17) is 11.6 Å². The zero-order valence-corrected chi connectivity index (χ0v) is 19.8. The van der Waals surface area contributed by atoms with Crippen molar-refractivity contribution in [2.45, 2.75) is 11.8 Å². The number of sulfonamides is 1. The molecule has 1 heterocycles. The molecule has 0 spiro atoms. The lowest BCUT2D eigenvalue weighted by molar-refractivity contribution is -0.117. The standard InChI is InChI=1S/C23H20ClN3O3S2/c1-16-7-3-5-9-20(16)27(23-25-19-8-4-6-10-21(19)31-23)22(28)15-26(2)32(29,30)18-13-11-17(24)12-14-18/h3-14H,15H2,1-2H3. The van der Waals surface area contributed by atoms with Crippen molar-refractivity contribution < 1.29 is 13.2 Å². The van der Waals surface area contributed by atoms with Crippen LogP contribution in [0.3, 0.4) is 0 Å². The number of rotatable bonds is 6. The maximum atomic E-state index is 13.5. The Labute approximate surface area is 195 Å². The summed E-state index contributed by atoms with van der Waals surface area (Å²) in [5.74, 6) is -0.404. The molecule has 0 N–H and O–H groups in total. The molecule has 9 heteroatoms. The second kappa shape index (κ2) is 8.99. The van der Waals surface area contributed by atoms with Gasteiger partial charge in [0.15, 0.2) is 5.13 Å². The first kappa shape index (κ1) is 22.4. The number of fused-ring (bicyclic) bond motifs is 1. The van der Waals surface area contributed by atoms with Crippen LogP contribution in [-0.4, -0.2) is 37.2 Å². The Bertz CT molecular complexity index is 1350. The molecule has 6 nitrogen and oxygen atoms in total. The van der Waals surface area contributed by atoms with Gasteiger partial charge in [-0.15, -0.1) is 0 Å². The highest BCUT2D eigenvalue weighted by atomic mass is 35.5. The third-order valence-electron chi connectivity index (χ3n) is 4.96. The van der Waals surface area contributed by atoms with Gasteiger partial charge in [0.25, 0.3) is 0 Å². The number of hydrogen-bond acceptors (Lipinski definition) is 5. The third-order valence-corrected chi connectivity index (χ3v) is 8.05. The Hall–Kier alpha value is -2.78. The minimum atomic E-state index is -3.87. The first-order chi connectivity index (χ1) is 15.3. The van der Waals surface area contributed by atoms with Gasteiger partial charge in [0.1, 0.15) is 0 Å². The number of nitrogens with zero attached hydrogens (tertiary/aromatic N) is 3. The highest BCUT2D eigenvalue weighted by Crippen LogP contribution is 2.35.